The second kappa shape index (κ2) is 6.67. The second-order valence-electron chi connectivity index (χ2n) is 5.64. The highest BCUT2D eigenvalue weighted by Crippen LogP contribution is 2.21. The molecule has 0 aliphatic rings. The van der Waals surface area contributed by atoms with Crippen molar-refractivity contribution in [3.8, 4) is 0 Å². The first-order valence-corrected chi connectivity index (χ1v) is 9.37. The number of rotatable bonds is 5. The maximum atomic E-state index is 12.6. The van der Waals surface area contributed by atoms with Crippen LogP contribution < -0.4 is 5.32 Å². The van der Waals surface area contributed by atoms with E-state index in [1.54, 1.807) is 18.5 Å². The van der Waals surface area contributed by atoms with Crippen LogP contribution >= 0.6 is 0 Å². The molecule has 9 heteroatoms. The number of benzene rings is 1. The van der Waals surface area contributed by atoms with Gasteiger partial charge in [-0.1, -0.05) is 0 Å². The summed E-state index contributed by atoms with van der Waals surface area (Å²) in [5, 5.41) is 16.0. The van der Waals surface area contributed by atoms with Crippen LogP contribution in [0.2, 0.25) is 0 Å². The molecule has 25 heavy (non-hydrogen) atoms. The molecule has 0 atom stereocenters. The number of carboxylic acids is 1. The van der Waals surface area contributed by atoms with Gasteiger partial charge in [-0.3, -0.25) is 9.48 Å². The smallest absolute Gasteiger partial charge is 0.335 e. The van der Waals surface area contributed by atoms with Gasteiger partial charge in [0.05, 0.1) is 21.7 Å². The van der Waals surface area contributed by atoms with Gasteiger partial charge in [0.15, 0.2) is 9.84 Å². The van der Waals surface area contributed by atoms with Crippen LogP contribution in [-0.4, -0.2) is 41.4 Å². The Bertz CT molecular complexity index is 960. The van der Waals surface area contributed by atoms with Crippen LogP contribution in [0, 0.1) is 13.8 Å². The average Bonchev–Trinajstić information content (AvgIpc) is 2.80. The van der Waals surface area contributed by atoms with Gasteiger partial charge in [0.2, 0.25) is 0 Å². The Morgan fingerprint density at radius 3 is 2.36 bits per heavy atom. The summed E-state index contributed by atoms with van der Waals surface area (Å²) in [6.45, 7) is 5.96. The standard InChI is InChI=1S/C16H19N3O5S/c1-5-19-10(3)14(9(2)18-19)15(20)17-12-6-11(16(21)22)7-13(8-12)25(4,23)24/h6-8H,5H2,1-4H3,(H,17,20)(H,21,22). The summed E-state index contributed by atoms with van der Waals surface area (Å²) in [5.41, 5.74) is 1.46. The Balaban J connectivity index is 2.46. The second-order valence-corrected chi connectivity index (χ2v) is 7.65. The predicted molar refractivity (Wildman–Crippen MR) is 91.8 cm³/mol. The van der Waals surface area contributed by atoms with Crippen LogP contribution in [0.5, 0.6) is 0 Å². The highest BCUT2D eigenvalue weighted by molar-refractivity contribution is 7.90. The molecule has 0 fully saturated rings. The van der Waals surface area contributed by atoms with E-state index in [1.807, 2.05) is 6.92 Å². The molecule has 2 N–H and O–H groups in total. The topological polar surface area (TPSA) is 118 Å². The third-order valence-electron chi connectivity index (χ3n) is 3.75. The number of anilines is 1. The molecular formula is C16H19N3O5S. The van der Waals surface area contributed by atoms with Crippen molar-refractivity contribution >= 4 is 27.4 Å². The van der Waals surface area contributed by atoms with E-state index >= 15 is 0 Å². The lowest BCUT2D eigenvalue weighted by Crippen LogP contribution is -2.15. The lowest BCUT2D eigenvalue weighted by molar-refractivity contribution is 0.0696. The van der Waals surface area contributed by atoms with E-state index < -0.39 is 21.7 Å². The van der Waals surface area contributed by atoms with E-state index in [-0.39, 0.29) is 16.1 Å². The van der Waals surface area contributed by atoms with E-state index in [9.17, 15) is 18.0 Å². The van der Waals surface area contributed by atoms with Gasteiger partial charge in [-0.2, -0.15) is 5.10 Å². The molecule has 2 rings (SSSR count). The van der Waals surface area contributed by atoms with Crippen molar-refractivity contribution in [2.24, 2.45) is 0 Å². The molecule has 0 saturated carbocycles. The molecule has 1 amide bonds. The number of aromatic carboxylic acids is 1. The van der Waals surface area contributed by atoms with Gasteiger partial charge < -0.3 is 10.4 Å². The lowest BCUT2D eigenvalue weighted by Gasteiger charge is -2.09. The third kappa shape index (κ3) is 3.87. The first kappa shape index (κ1) is 18.7. The van der Waals surface area contributed by atoms with Gasteiger partial charge in [0, 0.05) is 24.2 Å². The molecule has 0 spiro atoms. The van der Waals surface area contributed by atoms with Crippen LogP contribution in [0.15, 0.2) is 23.1 Å². The Kier molecular flexibility index (Phi) is 4.98. The number of aromatic nitrogens is 2. The molecular weight excluding hydrogens is 346 g/mol. The van der Waals surface area contributed by atoms with Crippen molar-refractivity contribution in [1.29, 1.82) is 0 Å². The molecule has 2 aromatic rings. The number of amides is 1. The van der Waals surface area contributed by atoms with E-state index in [0.29, 0.717) is 23.5 Å². The van der Waals surface area contributed by atoms with Crippen molar-refractivity contribution in [2.45, 2.75) is 32.2 Å². The number of sulfone groups is 1. The zero-order valence-electron chi connectivity index (χ0n) is 14.3. The number of nitrogens with one attached hydrogen (secondary N) is 1. The predicted octanol–water partition coefficient (Wildman–Crippen LogP) is 1.87. The monoisotopic (exact) mass is 365 g/mol. The van der Waals surface area contributed by atoms with Crippen molar-refractivity contribution in [3.63, 3.8) is 0 Å². The van der Waals surface area contributed by atoms with Gasteiger partial charge >= 0.3 is 5.97 Å². The summed E-state index contributed by atoms with van der Waals surface area (Å²) in [5.74, 6) is -1.76. The van der Waals surface area contributed by atoms with E-state index in [4.69, 9.17) is 5.11 Å². The van der Waals surface area contributed by atoms with Gasteiger partial charge in [0.1, 0.15) is 0 Å². The number of carboxylic acid groups (broad SMARTS) is 1. The van der Waals surface area contributed by atoms with Crippen LogP contribution in [0.4, 0.5) is 5.69 Å². The number of carbonyl (C=O) groups is 2. The average molecular weight is 365 g/mol. The Labute approximate surface area is 145 Å². The summed E-state index contributed by atoms with van der Waals surface area (Å²) >= 11 is 0. The summed E-state index contributed by atoms with van der Waals surface area (Å²) in [6.07, 6.45) is 0.971. The Morgan fingerprint density at radius 2 is 1.88 bits per heavy atom. The first-order valence-electron chi connectivity index (χ1n) is 7.48. The van der Waals surface area contributed by atoms with E-state index in [0.717, 1.165) is 12.3 Å². The molecule has 134 valence electrons. The minimum Gasteiger partial charge on any atom is -0.478 e. The Morgan fingerprint density at radius 1 is 1.24 bits per heavy atom. The van der Waals surface area contributed by atoms with E-state index in [2.05, 4.69) is 10.4 Å². The summed E-state index contributed by atoms with van der Waals surface area (Å²) in [6, 6.07) is 3.50. The summed E-state index contributed by atoms with van der Waals surface area (Å²) in [7, 11) is -3.63. The summed E-state index contributed by atoms with van der Waals surface area (Å²) in [4.78, 5) is 23.6. The molecule has 0 unspecified atom stereocenters. The number of aryl methyl sites for hydroxylation is 2. The molecule has 1 aromatic carbocycles. The molecule has 0 bridgehead atoms. The van der Waals surface area contributed by atoms with Crippen LogP contribution in [0.25, 0.3) is 0 Å². The fourth-order valence-corrected chi connectivity index (χ4v) is 3.22. The lowest BCUT2D eigenvalue weighted by atomic mass is 10.1. The number of nitrogens with zero attached hydrogens (tertiary/aromatic N) is 2. The molecule has 8 nitrogen and oxygen atoms in total. The molecule has 1 aromatic heterocycles. The van der Waals surface area contributed by atoms with Gasteiger partial charge in [-0.05, 0) is 39.0 Å². The van der Waals surface area contributed by atoms with Crippen LogP contribution in [0.1, 0.15) is 39.0 Å². The highest BCUT2D eigenvalue weighted by atomic mass is 32.2. The number of hydrogen-bond donors (Lipinski definition) is 2. The fraction of sp³-hybridized carbons (Fsp3) is 0.312. The molecule has 0 radical (unpaired) electrons. The van der Waals surface area contributed by atoms with Crippen LogP contribution in [-0.2, 0) is 16.4 Å². The number of hydrogen-bond acceptors (Lipinski definition) is 5. The van der Waals surface area contributed by atoms with Crippen LogP contribution in [0.3, 0.4) is 0 Å². The van der Waals surface area contributed by atoms with E-state index in [1.165, 1.54) is 12.1 Å². The SMILES string of the molecule is CCn1nc(C)c(C(=O)Nc2cc(C(=O)O)cc(S(C)(=O)=O)c2)c1C. The van der Waals surface area contributed by atoms with Crippen molar-refractivity contribution in [2.75, 3.05) is 11.6 Å². The quantitative estimate of drug-likeness (QED) is 0.835. The van der Waals surface area contributed by atoms with Gasteiger partial charge in [0.25, 0.3) is 5.91 Å². The first-order chi connectivity index (χ1) is 11.5. The maximum Gasteiger partial charge on any atom is 0.335 e. The molecule has 0 saturated heterocycles. The van der Waals surface area contributed by atoms with Gasteiger partial charge in [-0.15, -0.1) is 0 Å². The largest absolute Gasteiger partial charge is 0.478 e. The highest BCUT2D eigenvalue weighted by Gasteiger charge is 2.20. The zero-order valence-corrected chi connectivity index (χ0v) is 15.1. The molecule has 0 aliphatic heterocycles. The number of carbonyl (C=O) groups excluding carboxylic acids is 1. The minimum atomic E-state index is -3.63. The maximum absolute atomic E-state index is 12.6. The Hall–Kier alpha value is -2.68. The third-order valence-corrected chi connectivity index (χ3v) is 4.84. The fourth-order valence-electron chi connectivity index (χ4n) is 2.54. The molecule has 1 heterocycles. The summed E-state index contributed by atoms with van der Waals surface area (Å²) < 4.78 is 25.2. The molecule has 0 aliphatic carbocycles. The van der Waals surface area contributed by atoms with Crippen molar-refractivity contribution in [3.05, 3.63) is 40.7 Å². The minimum absolute atomic E-state index is 0.0911. The zero-order chi connectivity index (χ0) is 18.9. The van der Waals surface area contributed by atoms with Crippen molar-refractivity contribution in [1.82, 2.24) is 9.78 Å². The van der Waals surface area contributed by atoms with Crippen molar-refractivity contribution < 1.29 is 23.1 Å². The van der Waals surface area contributed by atoms with Gasteiger partial charge in [-0.25, -0.2) is 13.2 Å². The normalized spacial score (nSPS) is 11.4.